The first-order valence-corrected chi connectivity index (χ1v) is 44.1. The van der Waals surface area contributed by atoms with Gasteiger partial charge in [0.15, 0.2) is 49.2 Å². The number of rotatable bonds is 20. The van der Waals surface area contributed by atoms with Crippen LogP contribution in [0.2, 0.25) is 0 Å². The van der Waals surface area contributed by atoms with Crippen LogP contribution in [0.5, 0.6) is 0 Å². The number of nitrogens with zero attached hydrogens (tertiary/aromatic N) is 4. The molecule has 0 amide bonds. The number of sulfone groups is 5. The molecule has 15 nitrogen and oxygen atoms in total. The molecule has 0 aromatic heterocycles. The maximum Gasteiger partial charge on any atom is 0.175 e. The van der Waals surface area contributed by atoms with Gasteiger partial charge >= 0.3 is 0 Å². The quantitative estimate of drug-likeness (QED) is 0.0779. The molecule has 534 valence electrons. The monoisotopic (exact) mass is 1440 g/mol. The van der Waals surface area contributed by atoms with E-state index in [2.05, 4.69) is 84.6 Å². The van der Waals surface area contributed by atoms with E-state index in [-0.39, 0.29) is 12.4 Å². The lowest BCUT2D eigenvalue weighted by atomic mass is 9.89. The third-order valence-corrected chi connectivity index (χ3v) is 24.3. The highest BCUT2D eigenvalue weighted by Crippen LogP contribution is 2.32. The van der Waals surface area contributed by atoms with Crippen LogP contribution in [0.4, 0.5) is 0 Å². The number of hydrogen-bond donors (Lipinski definition) is 1. The fourth-order valence-corrected chi connectivity index (χ4v) is 16.8. The molecular formula is C75H112ClN5O10S5. The van der Waals surface area contributed by atoms with Crippen LogP contribution in [0, 0.1) is 0 Å². The van der Waals surface area contributed by atoms with E-state index in [1.807, 2.05) is 60.7 Å². The van der Waals surface area contributed by atoms with Gasteiger partial charge in [0, 0.05) is 70.3 Å². The van der Waals surface area contributed by atoms with Crippen LogP contribution in [-0.2, 0) is 49.2 Å². The summed E-state index contributed by atoms with van der Waals surface area (Å²) in [7, 11) is -15.5. The van der Waals surface area contributed by atoms with Crippen molar-refractivity contribution in [3.8, 4) is 0 Å². The average Bonchev–Trinajstić information content (AvgIpc) is 1.07. The Balaban J connectivity index is 0.000000216. The lowest BCUT2D eigenvalue weighted by molar-refractivity contribution is -0.905. The van der Waals surface area contributed by atoms with Gasteiger partial charge in [-0.15, -0.1) is 0 Å². The van der Waals surface area contributed by atoms with E-state index in [1.54, 1.807) is 47.4 Å². The van der Waals surface area contributed by atoms with Crippen molar-refractivity contribution < 1.29 is 59.4 Å². The third-order valence-electron chi connectivity index (χ3n) is 18.8. The minimum Gasteiger partial charge on any atom is -1.00 e. The number of hydrogen-bond acceptors (Lipinski definition) is 14. The lowest BCUT2D eigenvalue weighted by Gasteiger charge is -2.32. The van der Waals surface area contributed by atoms with Crippen molar-refractivity contribution in [3.63, 3.8) is 0 Å². The second kappa shape index (κ2) is 39.4. The van der Waals surface area contributed by atoms with Gasteiger partial charge in [-0.3, -0.25) is 9.80 Å². The largest absolute Gasteiger partial charge is 1.00 e. The number of piperidine rings is 3. The average molecular weight is 1440 g/mol. The Morgan fingerprint density at radius 3 is 0.906 bits per heavy atom. The highest BCUT2D eigenvalue weighted by Gasteiger charge is 2.26. The second-order valence-corrected chi connectivity index (χ2v) is 36.8. The van der Waals surface area contributed by atoms with Crippen molar-refractivity contribution in [2.75, 3.05) is 129 Å². The molecule has 5 aliphatic heterocycles. The minimum atomic E-state index is -3.12. The molecule has 3 saturated heterocycles. The summed E-state index contributed by atoms with van der Waals surface area (Å²) >= 11 is 0. The normalized spacial score (nSPS) is 19.0. The van der Waals surface area contributed by atoms with Gasteiger partial charge in [0.05, 0.1) is 44.1 Å². The summed E-state index contributed by atoms with van der Waals surface area (Å²) in [6.45, 7) is 27.9. The summed E-state index contributed by atoms with van der Waals surface area (Å²) < 4.78 is 116. The van der Waals surface area contributed by atoms with Crippen molar-refractivity contribution in [3.05, 3.63) is 161 Å². The lowest BCUT2D eigenvalue weighted by Crippen LogP contribution is -3.13. The van der Waals surface area contributed by atoms with Gasteiger partial charge < -0.3 is 27.1 Å². The Bertz CT molecular complexity index is 3540. The summed E-state index contributed by atoms with van der Waals surface area (Å²) in [5.41, 5.74) is 8.16. The van der Waals surface area contributed by atoms with Crippen LogP contribution < -0.4 is 17.3 Å². The van der Waals surface area contributed by atoms with E-state index < -0.39 is 49.2 Å². The zero-order valence-electron chi connectivity index (χ0n) is 59.0. The number of benzene rings is 5. The molecule has 21 heteroatoms. The van der Waals surface area contributed by atoms with Gasteiger partial charge in [-0.05, 0) is 240 Å². The molecule has 0 atom stereocenters. The standard InChI is InChI=1S/3C15H23NO2S.2C15H21NO2S.ClH/c5*1-3-9-16-10-7-13(8-11-16)14-5-4-6-15(12-14)19(2,17)18;/h3*4-6,12-13H,3,7-11H2,1-2H3;2*4-7,12H,3,8-11H2,1-2H3;1H. The van der Waals surface area contributed by atoms with E-state index in [1.165, 1.54) is 137 Å². The zero-order chi connectivity index (χ0) is 69.4. The molecule has 5 aromatic rings. The van der Waals surface area contributed by atoms with Gasteiger partial charge in [0.1, 0.15) is 0 Å². The number of nitrogens with one attached hydrogen (secondary N) is 1. The van der Waals surface area contributed by atoms with E-state index in [0.717, 1.165) is 115 Å². The number of likely N-dealkylation sites (tertiary alicyclic amines) is 3. The number of quaternary nitrogens is 1. The summed E-state index contributed by atoms with van der Waals surface area (Å²) in [4.78, 5) is 13.7. The van der Waals surface area contributed by atoms with Gasteiger partial charge in [-0.1, -0.05) is 107 Å². The fourth-order valence-electron chi connectivity index (χ4n) is 13.4. The first-order chi connectivity index (χ1) is 45.0. The van der Waals surface area contributed by atoms with Crippen LogP contribution in [0.3, 0.4) is 0 Å². The van der Waals surface area contributed by atoms with Crippen LogP contribution in [0.25, 0.3) is 11.1 Å². The van der Waals surface area contributed by atoms with Crippen LogP contribution >= 0.6 is 0 Å². The maximum absolute atomic E-state index is 11.6. The van der Waals surface area contributed by atoms with Crippen molar-refractivity contribution >= 4 is 60.3 Å². The molecule has 3 fully saturated rings. The predicted molar refractivity (Wildman–Crippen MR) is 392 cm³/mol. The molecule has 5 aliphatic rings. The Labute approximate surface area is 586 Å². The van der Waals surface area contributed by atoms with Crippen LogP contribution in [0.15, 0.2) is 158 Å². The highest BCUT2D eigenvalue weighted by molar-refractivity contribution is 7.91. The molecule has 0 aliphatic carbocycles. The van der Waals surface area contributed by atoms with E-state index in [4.69, 9.17) is 0 Å². The minimum absolute atomic E-state index is 0. The van der Waals surface area contributed by atoms with Crippen LogP contribution in [0.1, 0.15) is 164 Å². The van der Waals surface area contributed by atoms with Gasteiger partial charge in [-0.2, -0.15) is 0 Å². The van der Waals surface area contributed by atoms with Gasteiger partial charge in [0.2, 0.25) is 0 Å². The van der Waals surface area contributed by atoms with E-state index in [0.29, 0.717) is 42.2 Å². The molecule has 0 unspecified atom stereocenters. The van der Waals surface area contributed by atoms with Crippen molar-refractivity contribution in [2.45, 2.75) is 160 Å². The summed E-state index contributed by atoms with van der Waals surface area (Å²) in [6, 6.07) is 37.0. The Morgan fingerprint density at radius 1 is 0.354 bits per heavy atom. The SMILES string of the molecule is CCCN1CC=C(c2cccc(S(C)(=O)=O)c2)CC1.CCCN1CC=C(c2cccc(S(C)(=O)=O)c2)CC1.CCCN1CCC(c2cccc(S(C)(=O)=O)c2)CC1.CCCN1CCC(c2cccc(S(C)(=O)=O)c2)CC1.CCC[NH+]1CCC(c2cccc(S(C)(=O)=O)c2)CC1.[Cl-]. The summed E-state index contributed by atoms with van der Waals surface area (Å²) in [5.74, 6) is 1.55. The highest BCUT2D eigenvalue weighted by atomic mass is 35.5. The van der Waals surface area contributed by atoms with Crippen molar-refractivity contribution in [1.82, 2.24) is 19.6 Å². The van der Waals surface area contributed by atoms with E-state index in [9.17, 15) is 42.1 Å². The Morgan fingerprint density at radius 2 is 0.635 bits per heavy atom. The fraction of sp³-hybridized carbons (Fsp3) is 0.547. The maximum atomic E-state index is 11.6. The zero-order valence-corrected chi connectivity index (χ0v) is 63.9. The van der Waals surface area contributed by atoms with Crippen molar-refractivity contribution in [2.24, 2.45) is 0 Å². The summed E-state index contributed by atoms with van der Waals surface area (Å²) in [5, 5.41) is 0. The summed E-state index contributed by atoms with van der Waals surface area (Å²) in [6.07, 6.45) is 25.6. The second-order valence-electron chi connectivity index (χ2n) is 26.7. The molecule has 0 radical (unpaired) electrons. The Hall–Kier alpha value is -4.58. The molecule has 5 heterocycles. The van der Waals surface area contributed by atoms with Gasteiger partial charge in [-0.25, -0.2) is 42.1 Å². The third kappa shape index (κ3) is 27.2. The Kier molecular flexibility index (Phi) is 33.7. The molecule has 10 rings (SSSR count). The van der Waals surface area contributed by atoms with Crippen LogP contribution in [-0.4, -0.2) is 191 Å². The van der Waals surface area contributed by atoms with Crippen molar-refractivity contribution in [1.29, 1.82) is 0 Å². The number of halogens is 1. The first kappa shape index (κ1) is 82.1. The molecule has 0 bridgehead atoms. The predicted octanol–water partition coefficient (Wildman–Crippen LogP) is 8.80. The van der Waals surface area contributed by atoms with E-state index >= 15 is 0 Å². The molecular weight excluding hydrogens is 1330 g/mol. The molecule has 0 saturated carbocycles. The molecule has 1 N–H and O–H groups in total. The molecule has 5 aromatic carbocycles. The molecule has 96 heavy (non-hydrogen) atoms. The topological polar surface area (TPSA) is 188 Å². The van der Waals surface area contributed by atoms with Gasteiger partial charge in [0.25, 0.3) is 0 Å². The smallest absolute Gasteiger partial charge is 0.175 e. The molecule has 0 spiro atoms. The first-order valence-electron chi connectivity index (χ1n) is 34.6.